The third kappa shape index (κ3) is 1.58. The summed E-state index contributed by atoms with van der Waals surface area (Å²) < 4.78 is 13.1. The molecule has 3 amide bonds. The first-order valence-corrected chi connectivity index (χ1v) is 5.23. The van der Waals surface area contributed by atoms with E-state index in [1.54, 1.807) is 20.9 Å². The van der Waals surface area contributed by atoms with Crippen molar-refractivity contribution in [2.24, 2.45) is 0 Å². The van der Waals surface area contributed by atoms with Crippen LogP contribution in [-0.4, -0.2) is 29.4 Å². The van der Waals surface area contributed by atoms with Crippen LogP contribution in [0.1, 0.15) is 13.8 Å². The summed E-state index contributed by atoms with van der Waals surface area (Å²) in [7, 11) is 1.56. The average Bonchev–Trinajstić information content (AvgIpc) is 2.41. The summed E-state index contributed by atoms with van der Waals surface area (Å²) in [4.78, 5) is 26.4. The first kappa shape index (κ1) is 11.6. The van der Waals surface area contributed by atoms with Crippen LogP contribution in [0.15, 0.2) is 24.3 Å². The molecular formula is C12H13FN2O2. The van der Waals surface area contributed by atoms with Gasteiger partial charge in [0, 0.05) is 7.05 Å². The number of urea groups is 1. The molecule has 1 aromatic rings. The Labute approximate surface area is 98.6 Å². The lowest BCUT2D eigenvalue weighted by atomic mass is 10.1. The molecule has 0 unspecified atom stereocenters. The summed E-state index contributed by atoms with van der Waals surface area (Å²) in [5.74, 6) is -0.828. The Hall–Kier alpha value is -1.91. The SMILES string of the molecule is CN1C(=O)N(c2cccc(F)c2)C(=O)C1(C)C. The molecule has 2 rings (SSSR count). The topological polar surface area (TPSA) is 40.6 Å². The summed E-state index contributed by atoms with van der Waals surface area (Å²) in [6.07, 6.45) is 0. The van der Waals surface area contributed by atoms with Crippen molar-refractivity contribution in [3.05, 3.63) is 30.1 Å². The number of hydrogen-bond acceptors (Lipinski definition) is 2. The second kappa shape index (κ2) is 3.55. The van der Waals surface area contributed by atoms with Crippen molar-refractivity contribution in [3.8, 4) is 0 Å². The van der Waals surface area contributed by atoms with Crippen LogP contribution < -0.4 is 4.90 Å². The van der Waals surface area contributed by atoms with E-state index >= 15 is 0 Å². The quantitative estimate of drug-likeness (QED) is 0.700. The van der Waals surface area contributed by atoms with Gasteiger partial charge in [-0.1, -0.05) is 6.07 Å². The minimum Gasteiger partial charge on any atom is -0.313 e. The maximum atomic E-state index is 13.1. The molecule has 0 atom stereocenters. The normalized spacial score (nSPS) is 19.1. The number of carbonyl (C=O) groups excluding carboxylic acids is 2. The second-order valence-corrected chi connectivity index (χ2v) is 4.52. The number of halogens is 1. The van der Waals surface area contributed by atoms with Crippen LogP contribution in [0, 0.1) is 5.82 Å². The third-order valence-corrected chi connectivity index (χ3v) is 3.11. The van der Waals surface area contributed by atoms with E-state index in [-0.39, 0.29) is 11.6 Å². The number of anilines is 1. The zero-order chi connectivity index (χ0) is 12.8. The molecule has 1 heterocycles. The molecular weight excluding hydrogens is 223 g/mol. The van der Waals surface area contributed by atoms with Gasteiger partial charge in [-0.3, -0.25) is 4.79 Å². The maximum Gasteiger partial charge on any atom is 0.332 e. The molecule has 0 aromatic heterocycles. The molecule has 0 spiro atoms. The lowest BCUT2D eigenvalue weighted by molar-refractivity contribution is -0.123. The predicted molar refractivity (Wildman–Crippen MR) is 61.1 cm³/mol. The number of amides is 3. The van der Waals surface area contributed by atoms with Gasteiger partial charge in [0.2, 0.25) is 0 Å². The first-order valence-electron chi connectivity index (χ1n) is 5.23. The number of likely N-dealkylation sites (N-methyl/N-ethyl adjacent to an activating group) is 1. The number of hydrogen-bond donors (Lipinski definition) is 0. The maximum absolute atomic E-state index is 13.1. The first-order chi connectivity index (χ1) is 7.85. The monoisotopic (exact) mass is 236 g/mol. The van der Waals surface area contributed by atoms with E-state index in [1.165, 1.54) is 29.2 Å². The molecule has 0 radical (unpaired) electrons. The smallest absolute Gasteiger partial charge is 0.313 e. The van der Waals surface area contributed by atoms with E-state index in [2.05, 4.69) is 0 Å². The van der Waals surface area contributed by atoms with E-state index in [1.807, 2.05) is 0 Å². The minimum atomic E-state index is -0.899. The molecule has 0 N–H and O–H groups in total. The third-order valence-electron chi connectivity index (χ3n) is 3.11. The summed E-state index contributed by atoms with van der Waals surface area (Å²) >= 11 is 0. The molecule has 4 nitrogen and oxygen atoms in total. The van der Waals surface area contributed by atoms with E-state index in [0.717, 1.165) is 4.90 Å². The van der Waals surface area contributed by atoms with Crippen LogP contribution in [-0.2, 0) is 4.79 Å². The van der Waals surface area contributed by atoms with E-state index in [9.17, 15) is 14.0 Å². The van der Waals surface area contributed by atoms with Crippen LogP contribution >= 0.6 is 0 Å². The lowest BCUT2D eigenvalue weighted by Crippen LogP contribution is -2.41. The van der Waals surface area contributed by atoms with Crippen LogP contribution in [0.25, 0.3) is 0 Å². The van der Waals surface area contributed by atoms with E-state index in [4.69, 9.17) is 0 Å². The molecule has 1 aliphatic rings. The van der Waals surface area contributed by atoms with Crippen molar-refractivity contribution in [1.29, 1.82) is 0 Å². The Morgan fingerprint density at radius 3 is 2.35 bits per heavy atom. The van der Waals surface area contributed by atoms with Crippen molar-refractivity contribution < 1.29 is 14.0 Å². The molecule has 1 aliphatic heterocycles. The summed E-state index contributed by atoms with van der Waals surface area (Å²) in [6.45, 7) is 3.32. The Morgan fingerprint density at radius 2 is 1.88 bits per heavy atom. The summed E-state index contributed by atoms with van der Waals surface area (Å²) in [5.41, 5.74) is -0.638. The summed E-state index contributed by atoms with van der Waals surface area (Å²) in [6, 6.07) is 5.00. The second-order valence-electron chi connectivity index (χ2n) is 4.52. The number of benzene rings is 1. The van der Waals surface area contributed by atoms with Crippen molar-refractivity contribution in [2.75, 3.05) is 11.9 Å². The number of rotatable bonds is 1. The average molecular weight is 236 g/mol. The molecule has 1 saturated heterocycles. The van der Waals surface area contributed by atoms with Gasteiger partial charge in [-0.05, 0) is 32.0 Å². The predicted octanol–water partition coefficient (Wildman–Crippen LogP) is 2.00. The van der Waals surface area contributed by atoms with Gasteiger partial charge in [0.1, 0.15) is 11.4 Å². The van der Waals surface area contributed by atoms with Gasteiger partial charge in [-0.15, -0.1) is 0 Å². The fraction of sp³-hybridized carbons (Fsp3) is 0.333. The molecule has 17 heavy (non-hydrogen) atoms. The van der Waals surface area contributed by atoms with Gasteiger partial charge in [-0.25, -0.2) is 14.1 Å². The van der Waals surface area contributed by atoms with Gasteiger partial charge in [-0.2, -0.15) is 0 Å². The number of carbonyl (C=O) groups is 2. The van der Waals surface area contributed by atoms with Crippen LogP contribution in [0.3, 0.4) is 0 Å². The van der Waals surface area contributed by atoms with Crippen molar-refractivity contribution in [3.63, 3.8) is 0 Å². The zero-order valence-corrected chi connectivity index (χ0v) is 9.90. The molecule has 90 valence electrons. The van der Waals surface area contributed by atoms with Crippen molar-refractivity contribution >= 4 is 17.6 Å². The van der Waals surface area contributed by atoms with Gasteiger partial charge in [0.15, 0.2) is 0 Å². The van der Waals surface area contributed by atoms with Crippen LogP contribution in [0.5, 0.6) is 0 Å². The zero-order valence-electron chi connectivity index (χ0n) is 9.90. The van der Waals surface area contributed by atoms with Gasteiger partial charge < -0.3 is 4.90 Å². The van der Waals surface area contributed by atoms with Crippen molar-refractivity contribution in [2.45, 2.75) is 19.4 Å². The van der Waals surface area contributed by atoms with Crippen LogP contribution in [0.2, 0.25) is 0 Å². The molecule has 1 fully saturated rings. The van der Waals surface area contributed by atoms with E-state index in [0.29, 0.717) is 0 Å². The Balaban J connectivity index is 2.48. The lowest BCUT2D eigenvalue weighted by Gasteiger charge is -2.22. The van der Waals surface area contributed by atoms with Gasteiger partial charge >= 0.3 is 6.03 Å². The highest BCUT2D eigenvalue weighted by Gasteiger charge is 2.49. The molecule has 0 bridgehead atoms. The molecule has 1 aromatic carbocycles. The Kier molecular flexibility index (Phi) is 2.41. The van der Waals surface area contributed by atoms with Crippen LogP contribution in [0.4, 0.5) is 14.9 Å². The highest BCUT2D eigenvalue weighted by molar-refractivity contribution is 6.22. The molecule has 5 heteroatoms. The van der Waals surface area contributed by atoms with E-state index < -0.39 is 17.4 Å². The summed E-state index contributed by atoms with van der Waals surface area (Å²) in [5, 5.41) is 0. The van der Waals surface area contributed by atoms with Crippen molar-refractivity contribution in [1.82, 2.24) is 4.90 Å². The molecule has 0 saturated carbocycles. The number of imide groups is 1. The van der Waals surface area contributed by atoms with Gasteiger partial charge in [0.05, 0.1) is 5.69 Å². The standard InChI is InChI=1S/C12H13FN2O2/c1-12(2)10(16)15(11(17)14(12)3)9-6-4-5-8(13)7-9/h4-7H,1-3H3. The Bertz CT molecular complexity index is 499. The fourth-order valence-electron chi connectivity index (χ4n) is 1.74. The highest BCUT2D eigenvalue weighted by atomic mass is 19.1. The fourth-order valence-corrected chi connectivity index (χ4v) is 1.74. The van der Waals surface area contributed by atoms with Gasteiger partial charge in [0.25, 0.3) is 5.91 Å². The largest absolute Gasteiger partial charge is 0.332 e. The minimum absolute atomic E-state index is 0.262. The molecule has 0 aliphatic carbocycles. The highest BCUT2D eigenvalue weighted by Crippen LogP contribution is 2.30. The number of nitrogens with zero attached hydrogens (tertiary/aromatic N) is 2. The Morgan fingerprint density at radius 1 is 1.24 bits per heavy atom.